The molecule has 4 unspecified atom stereocenters. The molecule has 0 amide bonds. The SMILES string of the molecule is COc1c(C(=O)C2N=C3C=CC=CC3S2)cc(C(=O)C2N=C3C=CC=CC3S2)c(O)c1O. The first-order chi connectivity index (χ1) is 15.5. The van der Waals surface area contributed by atoms with Gasteiger partial charge in [-0.25, -0.2) is 0 Å². The van der Waals surface area contributed by atoms with E-state index in [9.17, 15) is 19.8 Å². The van der Waals surface area contributed by atoms with E-state index in [1.165, 1.54) is 36.7 Å². The zero-order valence-electron chi connectivity index (χ0n) is 16.8. The Bertz CT molecular complexity index is 1210. The van der Waals surface area contributed by atoms with Crippen molar-refractivity contribution in [3.05, 3.63) is 65.8 Å². The summed E-state index contributed by atoms with van der Waals surface area (Å²) in [5.41, 5.74) is 1.38. The number of hydrogen-bond donors (Lipinski definition) is 2. The summed E-state index contributed by atoms with van der Waals surface area (Å²) < 4.78 is 5.21. The maximum Gasteiger partial charge on any atom is 0.202 e. The second kappa shape index (κ2) is 8.14. The number of nitrogens with zero attached hydrogens (tertiary/aromatic N) is 2. The number of Topliss-reactive ketones (excluding diaryl/α,β-unsaturated/α-hetero) is 2. The van der Waals surface area contributed by atoms with Gasteiger partial charge in [0.05, 0.1) is 40.2 Å². The van der Waals surface area contributed by atoms with Gasteiger partial charge in [0, 0.05) is 0 Å². The van der Waals surface area contributed by atoms with Gasteiger partial charge in [-0.1, -0.05) is 36.5 Å². The summed E-state index contributed by atoms with van der Waals surface area (Å²) in [5, 5.41) is 19.5. The van der Waals surface area contributed by atoms with E-state index >= 15 is 0 Å². The molecule has 32 heavy (non-hydrogen) atoms. The maximum absolute atomic E-state index is 13.3. The molecule has 1 aromatic rings. The molecular formula is C23H18N2O5S2. The van der Waals surface area contributed by atoms with Crippen LogP contribution in [-0.4, -0.2) is 61.6 Å². The highest BCUT2D eigenvalue weighted by Gasteiger charge is 2.38. The molecule has 0 spiro atoms. The van der Waals surface area contributed by atoms with Gasteiger partial charge < -0.3 is 14.9 Å². The van der Waals surface area contributed by atoms with Gasteiger partial charge in [-0.15, -0.1) is 23.5 Å². The second-order valence-electron chi connectivity index (χ2n) is 7.34. The van der Waals surface area contributed by atoms with E-state index in [-0.39, 0.29) is 27.4 Å². The van der Waals surface area contributed by atoms with Crippen molar-refractivity contribution in [1.82, 2.24) is 0 Å². The minimum Gasteiger partial charge on any atom is -0.504 e. The van der Waals surface area contributed by atoms with Crippen molar-refractivity contribution in [2.24, 2.45) is 9.98 Å². The molecule has 4 aliphatic rings. The largest absolute Gasteiger partial charge is 0.504 e. The summed E-state index contributed by atoms with van der Waals surface area (Å²) in [7, 11) is 1.29. The number of methoxy groups -OCH3 is 1. The number of phenolic OH excluding ortho intramolecular Hbond substituents is 2. The quantitative estimate of drug-likeness (QED) is 0.505. The Labute approximate surface area is 192 Å². The molecule has 7 nitrogen and oxygen atoms in total. The molecule has 0 saturated heterocycles. The minimum absolute atomic E-state index is 0.00698. The molecule has 5 rings (SSSR count). The van der Waals surface area contributed by atoms with Gasteiger partial charge in [0.15, 0.2) is 22.2 Å². The summed E-state index contributed by atoms with van der Waals surface area (Å²) in [4.78, 5) is 35.5. The summed E-state index contributed by atoms with van der Waals surface area (Å²) in [6.45, 7) is 0. The highest BCUT2D eigenvalue weighted by atomic mass is 32.2. The van der Waals surface area contributed by atoms with Gasteiger partial charge in [0.25, 0.3) is 0 Å². The van der Waals surface area contributed by atoms with Crippen LogP contribution in [-0.2, 0) is 0 Å². The van der Waals surface area contributed by atoms with Crippen molar-refractivity contribution in [1.29, 1.82) is 0 Å². The number of carbonyl (C=O) groups excluding carboxylic acids is 2. The van der Waals surface area contributed by atoms with Crippen LogP contribution in [0.2, 0.25) is 0 Å². The van der Waals surface area contributed by atoms with E-state index in [1.807, 2.05) is 48.6 Å². The Morgan fingerprint density at radius 2 is 1.38 bits per heavy atom. The number of rotatable bonds is 5. The zero-order valence-corrected chi connectivity index (χ0v) is 18.5. The zero-order chi connectivity index (χ0) is 22.4. The Morgan fingerprint density at radius 1 is 0.844 bits per heavy atom. The lowest BCUT2D eigenvalue weighted by Gasteiger charge is -2.16. The standard InChI is InChI=1S/C23H18N2O5S2/c1-30-21-12(19(28)23-25-14-7-3-5-9-16(14)32-23)10-11(17(26)20(21)29)18(27)22-24-13-6-2-4-8-15(13)31-22/h2-10,15-16,22-23,26,29H,1H3. The Hall–Kier alpha value is -3.04. The third-order valence-electron chi connectivity index (χ3n) is 5.41. The summed E-state index contributed by atoms with van der Waals surface area (Å²) in [6, 6.07) is 1.28. The fraction of sp³-hybridized carbons (Fsp3) is 0.217. The molecule has 1 aromatic carbocycles. The molecule has 0 radical (unpaired) electrons. The van der Waals surface area contributed by atoms with Crippen molar-refractivity contribution < 1.29 is 24.5 Å². The normalized spacial score (nSPS) is 27.0. The number of carbonyl (C=O) groups is 2. The lowest BCUT2D eigenvalue weighted by atomic mass is 10.0. The van der Waals surface area contributed by atoms with Crippen LogP contribution in [0.25, 0.3) is 0 Å². The van der Waals surface area contributed by atoms with Gasteiger partial charge in [0.2, 0.25) is 17.3 Å². The molecule has 2 heterocycles. The van der Waals surface area contributed by atoms with Crippen LogP contribution < -0.4 is 4.74 Å². The van der Waals surface area contributed by atoms with E-state index in [4.69, 9.17) is 4.74 Å². The fourth-order valence-electron chi connectivity index (χ4n) is 3.82. The van der Waals surface area contributed by atoms with Crippen molar-refractivity contribution in [2.45, 2.75) is 21.2 Å². The molecule has 162 valence electrons. The van der Waals surface area contributed by atoms with Crippen LogP contribution in [0, 0.1) is 0 Å². The highest BCUT2D eigenvalue weighted by molar-refractivity contribution is 8.02. The monoisotopic (exact) mass is 466 g/mol. The molecule has 0 fully saturated rings. The lowest BCUT2D eigenvalue weighted by Crippen LogP contribution is -2.18. The number of ketones is 2. The van der Waals surface area contributed by atoms with Crippen LogP contribution in [0.3, 0.4) is 0 Å². The first-order valence-electron chi connectivity index (χ1n) is 9.85. The Morgan fingerprint density at radius 3 is 1.88 bits per heavy atom. The van der Waals surface area contributed by atoms with E-state index in [0.29, 0.717) is 0 Å². The van der Waals surface area contributed by atoms with Gasteiger partial charge in [-0.2, -0.15) is 0 Å². The highest BCUT2D eigenvalue weighted by Crippen LogP contribution is 2.45. The van der Waals surface area contributed by atoms with Gasteiger partial charge >= 0.3 is 0 Å². The molecule has 4 atom stereocenters. The maximum atomic E-state index is 13.3. The van der Waals surface area contributed by atoms with Crippen LogP contribution >= 0.6 is 23.5 Å². The van der Waals surface area contributed by atoms with Crippen molar-refractivity contribution in [3.8, 4) is 17.2 Å². The summed E-state index contributed by atoms with van der Waals surface area (Å²) >= 11 is 2.70. The van der Waals surface area contributed by atoms with E-state index < -0.39 is 33.8 Å². The number of thioether (sulfide) groups is 2. The first kappa shape index (κ1) is 20.8. The molecule has 9 heteroatoms. The topological polar surface area (TPSA) is 109 Å². The summed E-state index contributed by atoms with van der Waals surface area (Å²) in [6.07, 6.45) is 15.1. The van der Waals surface area contributed by atoms with Gasteiger partial charge in [0.1, 0.15) is 0 Å². The van der Waals surface area contributed by atoms with E-state index in [0.717, 1.165) is 11.4 Å². The number of ether oxygens (including phenoxy) is 1. The number of aromatic hydroxyl groups is 2. The van der Waals surface area contributed by atoms with E-state index in [1.54, 1.807) is 0 Å². The van der Waals surface area contributed by atoms with Crippen LogP contribution in [0.4, 0.5) is 0 Å². The number of benzene rings is 1. The van der Waals surface area contributed by atoms with Crippen LogP contribution in [0.15, 0.2) is 64.7 Å². The molecular weight excluding hydrogens is 448 g/mol. The molecule has 0 saturated carbocycles. The predicted octanol–water partition coefficient (Wildman–Crippen LogP) is 3.49. The third kappa shape index (κ3) is 3.41. The number of aliphatic imine (C=N–C) groups is 2. The number of hydrogen-bond acceptors (Lipinski definition) is 9. The molecule has 0 bridgehead atoms. The van der Waals surface area contributed by atoms with Crippen LogP contribution in [0.5, 0.6) is 17.2 Å². The average Bonchev–Trinajstić information content (AvgIpc) is 3.44. The fourth-order valence-corrected chi connectivity index (χ4v) is 6.17. The average molecular weight is 467 g/mol. The minimum atomic E-state index is -0.789. The number of fused-ring (bicyclic) bond motifs is 2. The van der Waals surface area contributed by atoms with E-state index in [2.05, 4.69) is 9.98 Å². The molecule has 2 aliphatic carbocycles. The van der Waals surface area contributed by atoms with Crippen molar-refractivity contribution in [2.75, 3.05) is 7.11 Å². The van der Waals surface area contributed by atoms with Gasteiger partial charge in [-0.3, -0.25) is 19.6 Å². The Balaban J connectivity index is 1.50. The molecule has 2 aliphatic heterocycles. The molecule has 0 aromatic heterocycles. The summed E-state index contributed by atoms with van der Waals surface area (Å²) in [5.74, 6) is -2.37. The Kier molecular flexibility index (Phi) is 5.30. The lowest BCUT2D eigenvalue weighted by molar-refractivity contribution is 0.0988. The first-order valence-corrected chi connectivity index (χ1v) is 11.7. The van der Waals surface area contributed by atoms with Crippen molar-refractivity contribution in [3.63, 3.8) is 0 Å². The number of phenols is 2. The van der Waals surface area contributed by atoms with Gasteiger partial charge in [-0.05, 0) is 18.2 Å². The predicted molar refractivity (Wildman–Crippen MR) is 127 cm³/mol. The van der Waals surface area contributed by atoms with Crippen molar-refractivity contribution >= 4 is 46.5 Å². The molecule has 2 N–H and O–H groups in total. The second-order valence-corrected chi connectivity index (χ2v) is 9.80. The van der Waals surface area contributed by atoms with Crippen LogP contribution in [0.1, 0.15) is 20.7 Å². The third-order valence-corrected chi connectivity index (χ3v) is 7.94. The number of allylic oxidation sites excluding steroid dienone is 6. The smallest absolute Gasteiger partial charge is 0.202 e.